The molecular weight excluding hydrogens is 254 g/mol. The summed E-state index contributed by atoms with van der Waals surface area (Å²) < 4.78 is 5.02. The zero-order chi connectivity index (χ0) is 14.6. The fraction of sp³-hybridized carbons (Fsp3) is 0.571. The lowest BCUT2D eigenvalue weighted by molar-refractivity contribution is 0.179. The SMILES string of the molecule is COCC(C)NC(N)=NCCCCNc1ccccn1. The van der Waals surface area contributed by atoms with Gasteiger partial charge in [0.1, 0.15) is 5.82 Å². The van der Waals surface area contributed by atoms with E-state index in [0.29, 0.717) is 12.6 Å². The summed E-state index contributed by atoms with van der Waals surface area (Å²) in [7, 11) is 1.67. The van der Waals surface area contributed by atoms with Gasteiger partial charge in [0.2, 0.25) is 0 Å². The van der Waals surface area contributed by atoms with Crippen LogP contribution in [0.25, 0.3) is 0 Å². The Morgan fingerprint density at radius 3 is 3.00 bits per heavy atom. The summed E-state index contributed by atoms with van der Waals surface area (Å²) in [6.07, 6.45) is 3.79. The van der Waals surface area contributed by atoms with E-state index >= 15 is 0 Å². The number of unbranched alkanes of at least 4 members (excludes halogenated alkanes) is 1. The first kappa shape index (κ1) is 16.2. The lowest BCUT2D eigenvalue weighted by atomic mass is 10.3. The Kier molecular flexibility index (Phi) is 8.14. The third kappa shape index (κ3) is 7.58. The van der Waals surface area contributed by atoms with Crippen LogP contribution in [0.2, 0.25) is 0 Å². The molecule has 0 aliphatic rings. The molecule has 0 aliphatic carbocycles. The van der Waals surface area contributed by atoms with E-state index in [0.717, 1.165) is 31.7 Å². The van der Waals surface area contributed by atoms with Crippen molar-refractivity contribution in [3.63, 3.8) is 0 Å². The molecule has 4 N–H and O–H groups in total. The summed E-state index contributed by atoms with van der Waals surface area (Å²) in [5.74, 6) is 1.39. The molecule has 1 aromatic rings. The Hall–Kier alpha value is -1.82. The van der Waals surface area contributed by atoms with Gasteiger partial charge in [0.05, 0.1) is 6.61 Å². The minimum absolute atomic E-state index is 0.176. The Labute approximate surface area is 120 Å². The van der Waals surface area contributed by atoms with Crippen molar-refractivity contribution in [3.05, 3.63) is 24.4 Å². The van der Waals surface area contributed by atoms with Crippen molar-refractivity contribution in [2.45, 2.75) is 25.8 Å². The minimum atomic E-state index is 0.176. The second-order valence-corrected chi connectivity index (χ2v) is 4.62. The smallest absolute Gasteiger partial charge is 0.188 e. The molecule has 0 bridgehead atoms. The van der Waals surface area contributed by atoms with Crippen LogP contribution >= 0.6 is 0 Å². The van der Waals surface area contributed by atoms with Crippen LogP contribution in [0.15, 0.2) is 29.4 Å². The zero-order valence-corrected chi connectivity index (χ0v) is 12.3. The van der Waals surface area contributed by atoms with Crippen molar-refractivity contribution in [2.24, 2.45) is 10.7 Å². The first-order valence-corrected chi connectivity index (χ1v) is 6.92. The van der Waals surface area contributed by atoms with Crippen LogP contribution in [0.5, 0.6) is 0 Å². The van der Waals surface area contributed by atoms with E-state index in [9.17, 15) is 0 Å². The molecule has 0 spiro atoms. The maximum atomic E-state index is 5.77. The number of hydrogen-bond donors (Lipinski definition) is 3. The molecule has 1 atom stereocenters. The number of ether oxygens (including phenoxy) is 1. The van der Waals surface area contributed by atoms with E-state index in [4.69, 9.17) is 10.5 Å². The van der Waals surface area contributed by atoms with E-state index in [-0.39, 0.29) is 6.04 Å². The molecule has 0 radical (unpaired) electrons. The van der Waals surface area contributed by atoms with Crippen LogP contribution in [0.1, 0.15) is 19.8 Å². The van der Waals surface area contributed by atoms with Gasteiger partial charge < -0.3 is 21.1 Å². The second kappa shape index (κ2) is 10.0. The van der Waals surface area contributed by atoms with Gasteiger partial charge in [-0.3, -0.25) is 4.99 Å². The highest BCUT2D eigenvalue weighted by molar-refractivity contribution is 5.78. The number of pyridine rings is 1. The second-order valence-electron chi connectivity index (χ2n) is 4.62. The molecule has 6 heteroatoms. The molecule has 0 amide bonds. The minimum Gasteiger partial charge on any atom is -0.383 e. The molecule has 1 unspecified atom stereocenters. The van der Waals surface area contributed by atoms with Gasteiger partial charge in [-0.05, 0) is 31.9 Å². The van der Waals surface area contributed by atoms with Gasteiger partial charge in [0.15, 0.2) is 5.96 Å². The van der Waals surface area contributed by atoms with Gasteiger partial charge >= 0.3 is 0 Å². The summed E-state index contributed by atoms with van der Waals surface area (Å²) >= 11 is 0. The van der Waals surface area contributed by atoms with E-state index < -0.39 is 0 Å². The Morgan fingerprint density at radius 1 is 1.45 bits per heavy atom. The summed E-state index contributed by atoms with van der Waals surface area (Å²) in [6, 6.07) is 6.00. The first-order valence-electron chi connectivity index (χ1n) is 6.92. The fourth-order valence-corrected chi connectivity index (χ4v) is 1.71. The van der Waals surface area contributed by atoms with E-state index in [2.05, 4.69) is 20.6 Å². The number of nitrogens with two attached hydrogens (primary N) is 1. The van der Waals surface area contributed by atoms with Gasteiger partial charge in [-0.15, -0.1) is 0 Å². The van der Waals surface area contributed by atoms with Crippen LogP contribution < -0.4 is 16.4 Å². The van der Waals surface area contributed by atoms with Crippen LogP contribution in [0.3, 0.4) is 0 Å². The highest BCUT2D eigenvalue weighted by Gasteiger charge is 2.00. The monoisotopic (exact) mass is 279 g/mol. The topological polar surface area (TPSA) is 84.6 Å². The maximum absolute atomic E-state index is 5.77. The standard InChI is InChI=1S/C14H25N5O/c1-12(11-20-2)19-14(15)18-10-6-5-9-17-13-7-3-4-8-16-13/h3-4,7-8,12H,5-6,9-11H2,1-2H3,(H,16,17)(H3,15,18,19). The van der Waals surface area contributed by atoms with Crippen molar-refractivity contribution in [1.82, 2.24) is 10.3 Å². The fourth-order valence-electron chi connectivity index (χ4n) is 1.71. The lowest BCUT2D eigenvalue weighted by Gasteiger charge is -2.13. The van der Waals surface area contributed by atoms with Crippen molar-refractivity contribution >= 4 is 11.8 Å². The predicted molar refractivity (Wildman–Crippen MR) is 82.9 cm³/mol. The Bertz CT molecular complexity index is 382. The number of rotatable bonds is 9. The number of methoxy groups -OCH3 is 1. The molecule has 6 nitrogen and oxygen atoms in total. The molecular formula is C14H25N5O. The predicted octanol–water partition coefficient (Wildman–Crippen LogP) is 1.21. The number of nitrogens with one attached hydrogen (secondary N) is 2. The van der Waals surface area contributed by atoms with Crippen molar-refractivity contribution in [3.8, 4) is 0 Å². The van der Waals surface area contributed by atoms with Gasteiger partial charge in [0.25, 0.3) is 0 Å². The molecule has 0 saturated heterocycles. The van der Waals surface area contributed by atoms with E-state index in [1.165, 1.54) is 0 Å². The molecule has 1 heterocycles. The first-order chi connectivity index (χ1) is 9.72. The molecule has 0 aromatic carbocycles. The number of hydrogen-bond acceptors (Lipinski definition) is 4. The van der Waals surface area contributed by atoms with Crippen LogP contribution in [-0.4, -0.2) is 43.8 Å². The summed E-state index contributed by atoms with van der Waals surface area (Å²) in [5, 5.41) is 6.33. The molecule has 1 aromatic heterocycles. The highest BCUT2D eigenvalue weighted by Crippen LogP contribution is 2.00. The number of guanidine groups is 1. The van der Waals surface area contributed by atoms with E-state index in [1.807, 2.05) is 25.1 Å². The van der Waals surface area contributed by atoms with Gasteiger partial charge in [-0.25, -0.2) is 4.98 Å². The molecule has 0 fully saturated rings. The van der Waals surface area contributed by atoms with Crippen molar-refractivity contribution in [1.29, 1.82) is 0 Å². The number of aliphatic imine (C=N–C) groups is 1. The van der Waals surface area contributed by atoms with Gasteiger partial charge in [0, 0.05) is 32.4 Å². The van der Waals surface area contributed by atoms with Crippen LogP contribution in [0, 0.1) is 0 Å². The van der Waals surface area contributed by atoms with Gasteiger partial charge in [-0.1, -0.05) is 6.07 Å². The lowest BCUT2D eigenvalue weighted by Crippen LogP contribution is -2.40. The molecule has 1 rings (SSSR count). The molecule has 112 valence electrons. The largest absolute Gasteiger partial charge is 0.383 e. The molecule has 0 aliphatic heterocycles. The number of nitrogens with zero attached hydrogens (tertiary/aromatic N) is 2. The van der Waals surface area contributed by atoms with Crippen LogP contribution in [0.4, 0.5) is 5.82 Å². The van der Waals surface area contributed by atoms with Crippen molar-refractivity contribution in [2.75, 3.05) is 32.1 Å². The number of anilines is 1. The summed E-state index contributed by atoms with van der Waals surface area (Å²) in [5.41, 5.74) is 5.77. The van der Waals surface area contributed by atoms with Crippen LogP contribution in [-0.2, 0) is 4.74 Å². The summed E-state index contributed by atoms with van der Waals surface area (Å²) in [4.78, 5) is 8.47. The summed E-state index contributed by atoms with van der Waals surface area (Å²) in [6.45, 7) is 4.23. The maximum Gasteiger partial charge on any atom is 0.188 e. The number of aromatic nitrogens is 1. The third-order valence-electron chi connectivity index (χ3n) is 2.65. The zero-order valence-electron chi connectivity index (χ0n) is 12.3. The Morgan fingerprint density at radius 2 is 2.30 bits per heavy atom. The van der Waals surface area contributed by atoms with Crippen molar-refractivity contribution < 1.29 is 4.74 Å². The molecule has 20 heavy (non-hydrogen) atoms. The van der Waals surface area contributed by atoms with Gasteiger partial charge in [-0.2, -0.15) is 0 Å². The average Bonchev–Trinajstić information content (AvgIpc) is 2.44. The molecule has 0 saturated carbocycles. The van der Waals surface area contributed by atoms with E-state index in [1.54, 1.807) is 13.3 Å². The normalized spacial score (nSPS) is 13.0. The third-order valence-corrected chi connectivity index (χ3v) is 2.65. The average molecular weight is 279 g/mol. The quantitative estimate of drug-likeness (QED) is 0.359. The highest BCUT2D eigenvalue weighted by atomic mass is 16.5. The Balaban J connectivity index is 2.06.